The van der Waals surface area contributed by atoms with Crippen molar-refractivity contribution in [1.29, 1.82) is 0 Å². The van der Waals surface area contributed by atoms with Crippen LogP contribution >= 0.6 is 11.8 Å². The van der Waals surface area contributed by atoms with Crippen molar-refractivity contribution in [2.24, 2.45) is 0 Å². The molecular weight excluding hydrogens is 444 g/mol. The fourth-order valence-corrected chi connectivity index (χ4v) is 4.77. The summed E-state index contributed by atoms with van der Waals surface area (Å²) in [4.78, 5) is 39.4. The summed E-state index contributed by atoms with van der Waals surface area (Å²) in [6, 6.07) is 9.46. The Morgan fingerprint density at radius 1 is 0.939 bits per heavy atom. The van der Waals surface area contributed by atoms with E-state index in [0.29, 0.717) is 57.8 Å². The van der Waals surface area contributed by atoms with E-state index in [4.69, 9.17) is 14.2 Å². The molecule has 2 fully saturated rings. The number of hydrogen-bond acceptors (Lipinski definition) is 8. The Labute approximate surface area is 197 Å². The molecule has 0 spiro atoms. The third-order valence-electron chi connectivity index (χ3n) is 5.54. The largest absolute Gasteiger partial charge is 0.497 e. The second kappa shape index (κ2) is 11.0. The minimum absolute atomic E-state index is 0.226. The Morgan fingerprint density at radius 3 is 2.00 bits per heavy atom. The van der Waals surface area contributed by atoms with Gasteiger partial charge >= 0.3 is 0 Å². The standard InChI is InChI=1S/C23H28N4O5S/c1-16-15-19(17-3-5-18(30-2)6-4-17)25-23(24-16)33-20(21(28)26-7-11-31-12-8-26)22(29)27-9-13-32-14-10-27/h3-6,15,20H,7-14H2,1-2H3. The van der Waals surface area contributed by atoms with Crippen LogP contribution in [0.3, 0.4) is 0 Å². The lowest BCUT2D eigenvalue weighted by Gasteiger charge is -2.33. The number of morpholine rings is 2. The van der Waals surface area contributed by atoms with Crippen LogP contribution in [0.25, 0.3) is 11.3 Å². The van der Waals surface area contributed by atoms with Gasteiger partial charge in [-0.25, -0.2) is 9.97 Å². The van der Waals surface area contributed by atoms with E-state index < -0.39 is 5.25 Å². The number of carbonyl (C=O) groups is 2. The average Bonchev–Trinajstić information content (AvgIpc) is 2.87. The molecule has 2 aromatic rings. The number of carbonyl (C=O) groups excluding carboxylic acids is 2. The van der Waals surface area contributed by atoms with Crippen LogP contribution in [0.1, 0.15) is 5.69 Å². The van der Waals surface area contributed by atoms with Gasteiger partial charge in [-0.05, 0) is 37.3 Å². The fraction of sp³-hybridized carbons (Fsp3) is 0.478. The molecule has 1 aromatic carbocycles. The zero-order valence-electron chi connectivity index (χ0n) is 18.9. The molecule has 0 N–H and O–H groups in total. The van der Waals surface area contributed by atoms with Crippen LogP contribution in [0.15, 0.2) is 35.5 Å². The maximum absolute atomic E-state index is 13.4. The number of nitrogens with zero attached hydrogens (tertiary/aromatic N) is 4. The molecule has 0 unspecified atom stereocenters. The topological polar surface area (TPSA) is 94.1 Å². The fourth-order valence-electron chi connectivity index (χ4n) is 3.71. The number of benzene rings is 1. The molecule has 9 nitrogen and oxygen atoms in total. The van der Waals surface area contributed by atoms with Crippen LogP contribution in [0.5, 0.6) is 5.75 Å². The average molecular weight is 473 g/mol. The van der Waals surface area contributed by atoms with E-state index in [1.807, 2.05) is 37.3 Å². The molecule has 2 amide bonds. The number of aryl methyl sites for hydroxylation is 1. The lowest BCUT2D eigenvalue weighted by molar-refractivity contribution is -0.144. The van der Waals surface area contributed by atoms with Crippen LogP contribution in [-0.4, -0.2) is 96.5 Å². The predicted octanol–water partition coefficient (Wildman–Crippen LogP) is 1.64. The van der Waals surface area contributed by atoms with Crippen LogP contribution in [0, 0.1) is 6.92 Å². The highest BCUT2D eigenvalue weighted by molar-refractivity contribution is 8.01. The molecule has 2 saturated heterocycles. The van der Waals surface area contributed by atoms with E-state index >= 15 is 0 Å². The van der Waals surface area contributed by atoms with Gasteiger partial charge in [0.1, 0.15) is 5.75 Å². The molecule has 0 atom stereocenters. The number of amides is 2. The van der Waals surface area contributed by atoms with Crippen molar-refractivity contribution < 1.29 is 23.8 Å². The van der Waals surface area contributed by atoms with E-state index in [0.717, 1.165) is 34.5 Å². The van der Waals surface area contributed by atoms with Crippen molar-refractivity contribution in [2.45, 2.75) is 17.3 Å². The normalized spacial score (nSPS) is 16.7. The number of ether oxygens (including phenoxy) is 3. The van der Waals surface area contributed by atoms with Crippen molar-refractivity contribution in [3.8, 4) is 17.0 Å². The summed E-state index contributed by atoms with van der Waals surface area (Å²) in [5, 5.41) is -0.555. The number of hydrogen-bond donors (Lipinski definition) is 0. The predicted molar refractivity (Wildman–Crippen MR) is 123 cm³/mol. The highest BCUT2D eigenvalue weighted by Gasteiger charge is 2.37. The van der Waals surface area contributed by atoms with E-state index in [1.165, 1.54) is 0 Å². The summed E-state index contributed by atoms with van der Waals surface area (Å²) in [6.45, 7) is 5.64. The van der Waals surface area contributed by atoms with E-state index in [1.54, 1.807) is 16.9 Å². The van der Waals surface area contributed by atoms with Gasteiger partial charge in [-0.1, -0.05) is 11.8 Å². The maximum atomic E-state index is 13.4. The zero-order valence-corrected chi connectivity index (χ0v) is 19.7. The molecular formula is C23H28N4O5S. The quantitative estimate of drug-likeness (QED) is 0.356. The number of thioether (sulfide) groups is 1. The smallest absolute Gasteiger partial charge is 0.245 e. The minimum atomic E-state index is -0.952. The monoisotopic (exact) mass is 472 g/mol. The molecule has 10 heteroatoms. The number of aromatic nitrogens is 2. The Morgan fingerprint density at radius 2 is 1.48 bits per heavy atom. The van der Waals surface area contributed by atoms with Crippen LogP contribution < -0.4 is 4.74 Å². The SMILES string of the molecule is COc1ccc(-c2cc(C)nc(SC(C(=O)N3CCOCC3)C(=O)N3CCOCC3)n2)cc1. The van der Waals surface area contributed by atoms with Crippen molar-refractivity contribution >= 4 is 23.6 Å². The lowest BCUT2D eigenvalue weighted by Crippen LogP contribution is -2.52. The van der Waals surface area contributed by atoms with Gasteiger partial charge in [-0.2, -0.15) is 0 Å². The van der Waals surface area contributed by atoms with Gasteiger partial charge < -0.3 is 24.0 Å². The molecule has 1 aromatic heterocycles. The Bertz CT molecular complexity index is 945. The van der Waals surface area contributed by atoms with Gasteiger partial charge in [0.2, 0.25) is 11.8 Å². The highest BCUT2D eigenvalue weighted by Crippen LogP contribution is 2.28. The molecule has 0 radical (unpaired) electrons. The Hall–Kier alpha value is -2.69. The van der Waals surface area contributed by atoms with Gasteiger partial charge in [0.15, 0.2) is 10.4 Å². The van der Waals surface area contributed by atoms with Gasteiger partial charge in [0, 0.05) is 37.4 Å². The third-order valence-corrected chi connectivity index (χ3v) is 6.57. The summed E-state index contributed by atoms with van der Waals surface area (Å²) >= 11 is 1.11. The van der Waals surface area contributed by atoms with Crippen molar-refractivity contribution in [2.75, 3.05) is 59.7 Å². The van der Waals surface area contributed by atoms with Gasteiger partial charge in [0.25, 0.3) is 0 Å². The van der Waals surface area contributed by atoms with E-state index in [2.05, 4.69) is 9.97 Å². The maximum Gasteiger partial charge on any atom is 0.245 e. The van der Waals surface area contributed by atoms with Crippen molar-refractivity contribution in [3.63, 3.8) is 0 Å². The molecule has 176 valence electrons. The Kier molecular flexibility index (Phi) is 7.79. The molecule has 4 rings (SSSR count). The first kappa shape index (κ1) is 23.5. The minimum Gasteiger partial charge on any atom is -0.497 e. The van der Waals surface area contributed by atoms with Crippen LogP contribution in [0.4, 0.5) is 0 Å². The zero-order chi connectivity index (χ0) is 23.2. The first-order valence-electron chi connectivity index (χ1n) is 10.9. The highest BCUT2D eigenvalue weighted by atomic mass is 32.2. The summed E-state index contributed by atoms with van der Waals surface area (Å²) in [7, 11) is 1.62. The van der Waals surface area contributed by atoms with Crippen LogP contribution in [0.2, 0.25) is 0 Å². The summed E-state index contributed by atoms with van der Waals surface area (Å²) in [6.07, 6.45) is 0. The second-order valence-corrected chi connectivity index (χ2v) is 8.85. The first-order chi connectivity index (χ1) is 16.0. The number of methoxy groups -OCH3 is 1. The van der Waals surface area contributed by atoms with Gasteiger partial charge in [-0.3, -0.25) is 9.59 Å². The Balaban J connectivity index is 1.60. The van der Waals surface area contributed by atoms with E-state index in [-0.39, 0.29) is 11.8 Å². The lowest BCUT2D eigenvalue weighted by atomic mass is 10.1. The van der Waals surface area contributed by atoms with Crippen molar-refractivity contribution in [1.82, 2.24) is 19.8 Å². The summed E-state index contributed by atoms with van der Waals surface area (Å²) in [5.74, 6) is 0.304. The molecule has 2 aliphatic rings. The molecule has 3 heterocycles. The summed E-state index contributed by atoms with van der Waals surface area (Å²) < 4.78 is 16.0. The molecule has 33 heavy (non-hydrogen) atoms. The number of rotatable bonds is 6. The van der Waals surface area contributed by atoms with Crippen molar-refractivity contribution in [3.05, 3.63) is 36.0 Å². The molecule has 0 aliphatic carbocycles. The third kappa shape index (κ3) is 5.82. The van der Waals surface area contributed by atoms with Crippen LogP contribution in [-0.2, 0) is 19.1 Å². The molecule has 2 aliphatic heterocycles. The van der Waals surface area contributed by atoms with Gasteiger partial charge in [0.05, 0.1) is 39.2 Å². The summed E-state index contributed by atoms with van der Waals surface area (Å²) in [5.41, 5.74) is 2.39. The van der Waals surface area contributed by atoms with E-state index in [9.17, 15) is 9.59 Å². The molecule has 0 saturated carbocycles. The first-order valence-corrected chi connectivity index (χ1v) is 11.8. The second-order valence-electron chi connectivity index (χ2n) is 7.78. The van der Waals surface area contributed by atoms with Gasteiger partial charge in [-0.15, -0.1) is 0 Å². The molecule has 0 bridgehead atoms.